The van der Waals surface area contributed by atoms with Crippen LogP contribution in [-0.4, -0.2) is 62.7 Å². The summed E-state index contributed by atoms with van der Waals surface area (Å²) < 4.78 is 7.47. The van der Waals surface area contributed by atoms with Gasteiger partial charge >= 0.3 is 5.97 Å². The van der Waals surface area contributed by atoms with Crippen LogP contribution in [0.5, 0.6) is 0 Å². The highest BCUT2D eigenvalue weighted by molar-refractivity contribution is 5.89. The lowest BCUT2D eigenvalue weighted by atomic mass is 9.83. The van der Waals surface area contributed by atoms with Gasteiger partial charge < -0.3 is 19.3 Å². The summed E-state index contributed by atoms with van der Waals surface area (Å²) in [5, 5.41) is 10.4. The van der Waals surface area contributed by atoms with Crippen LogP contribution in [0, 0.1) is 0 Å². The number of aromatic nitrogens is 3. The normalized spacial score (nSPS) is 16.4. The molecule has 1 aliphatic carbocycles. The number of carbonyl (C=O) groups is 2. The van der Waals surface area contributed by atoms with Crippen LogP contribution in [0.25, 0.3) is 39.5 Å². The molecule has 0 unspecified atom stereocenters. The standard InChI is InChI=1S/C33H34N4O4/c38-31(36-16-18-41-19-17-36)22-37-27(8-11-32(39)40)21-28(23-4-2-1-3-5-23)33(37)26-7-10-30-25(20-26)6-9-29(35-30)24-12-14-34-15-13-24/h6-15,20-21,23H,1-5,16-19,22H2,(H,39,40). The molecule has 1 N–H and O–H groups in total. The van der Waals surface area contributed by atoms with Crippen molar-refractivity contribution in [3.8, 4) is 22.5 Å². The van der Waals surface area contributed by atoms with Crippen molar-refractivity contribution in [2.75, 3.05) is 26.3 Å². The Morgan fingerprint density at radius 1 is 0.951 bits per heavy atom. The molecule has 1 aromatic carbocycles. The minimum Gasteiger partial charge on any atom is -0.478 e. The minimum absolute atomic E-state index is 0.00904. The van der Waals surface area contributed by atoms with Crippen LogP contribution in [0.4, 0.5) is 0 Å². The van der Waals surface area contributed by atoms with E-state index in [1.165, 1.54) is 24.8 Å². The van der Waals surface area contributed by atoms with E-state index in [9.17, 15) is 14.7 Å². The number of aliphatic carboxylic acids is 1. The van der Waals surface area contributed by atoms with Gasteiger partial charge in [-0.2, -0.15) is 0 Å². The Kier molecular flexibility index (Phi) is 7.91. The molecule has 0 spiro atoms. The lowest BCUT2D eigenvalue weighted by molar-refractivity contribution is -0.136. The molecule has 3 aromatic heterocycles. The fraction of sp³-hybridized carbons (Fsp3) is 0.333. The number of carboxylic acids is 1. The number of carbonyl (C=O) groups excluding carboxylic acids is 1. The molecule has 41 heavy (non-hydrogen) atoms. The van der Waals surface area contributed by atoms with Crippen molar-refractivity contribution in [1.29, 1.82) is 0 Å². The van der Waals surface area contributed by atoms with Gasteiger partial charge in [-0.3, -0.25) is 9.78 Å². The molecule has 0 atom stereocenters. The quantitative estimate of drug-likeness (QED) is 0.294. The zero-order chi connectivity index (χ0) is 28.2. The van der Waals surface area contributed by atoms with Gasteiger partial charge in [0.15, 0.2) is 0 Å². The number of ether oxygens (including phenoxy) is 1. The highest BCUT2D eigenvalue weighted by Gasteiger charge is 2.27. The van der Waals surface area contributed by atoms with Crippen molar-refractivity contribution in [3.05, 3.63) is 78.3 Å². The second kappa shape index (κ2) is 12.1. The van der Waals surface area contributed by atoms with Crippen LogP contribution in [0.2, 0.25) is 0 Å². The van der Waals surface area contributed by atoms with E-state index < -0.39 is 5.97 Å². The van der Waals surface area contributed by atoms with Crippen molar-refractivity contribution in [2.45, 2.75) is 44.6 Å². The van der Waals surface area contributed by atoms with E-state index in [0.717, 1.165) is 58.0 Å². The highest BCUT2D eigenvalue weighted by Crippen LogP contribution is 2.41. The molecular weight excluding hydrogens is 516 g/mol. The number of benzene rings is 1. The van der Waals surface area contributed by atoms with Gasteiger partial charge in [-0.1, -0.05) is 31.4 Å². The van der Waals surface area contributed by atoms with Crippen molar-refractivity contribution >= 4 is 28.9 Å². The van der Waals surface area contributed by atoms with Crippen LogP contribution in [0.1, 0.15) is 49.3 Å². The average molecular weight is 551 g/mol. The Hall–Kier alpha value is -4.30. The number of nitrogens with zero attached hydrogens (tertiary/aromatic N) is 4. The van der Waals surface area contributed by atoms with Crippen LogP contribution >= 0.6 is 0 Å². The first-order valence-electron chi connectivity index (χ1n) is 14.4. The molecule has 1 saturated carbocycles. The van der Waals surface area contributed by atoms with Gasteiger partial charge in [0.1, 0.15) is 6.54 Å². The maximum absolute atomic E-state index is 13.5. The molecule has 6 rings (SSSR count). The monoisotopic (exact) mass is 550 g/mol. The predicted octanol–water partition coefficient (Wildman–Crippen LogP) is 5.77. The predicted molar refractivity (Wildman–Crippen MR) is 158 cm³/mol. The van der Waals surface area contributed by atoms with Crippen LogP contribution in [0.3, 0.4) is 0 Å². The molecule has 0 radical (unpaired) electrons. The summed E-state index contributed by atoms with van der Waals surface area (Å²) in [6.07, 6.45) is 12.0. The number of carboxylic acid groups (broad SMARTS) is 1. The largest absolute Gasteiger partial charge is 0.478 e. The summed E-state index contributed by atoms with van der Waals surface area (Å²) in [4.78, 5) is 35.8. The van der Waals surface area contributed by atoms with E-state index in [4.69, 9.17) is 9.72 Å². The zero-order valence-electron chi connectivity index (χ0n) is 23.0. The number of pyridine rings is 2. The summed E-state index contributed by atoms with van der Waals surface area (Å²) >= 11 is 0. The van der Waals surface area contributed by atoms with Crippen molar-refractivity contribution in [3.63, 3.8) is 0 Å². The Morgan fingerprint density at radius 3 is 2.49 bits per heavy atom. The third-order valence-electron chi connectivity index (χ3n) is 8.20. The van der Waals surface area contributed by atoms with E-state index in [1.54, 1.807) is 18.5 Å². The molecular formula is C33H34N4O4. The fourth-order valence-electron chi connectivity index (χ4n) is 6.11. The SMILES string of the molecule is O=C(O)C=Cc1cc(C2CCCCC2)c(-c2ccc3nc(-c4ccncc4)ccc3c2)n1CC(=O)N1CCOCC1. The molecule has 8 heteroatoms. The van der Waals surface area contributed by atoms with Crippen molar-refractivity contribution in [1.82, 2.24) is 19.4 Å². The van der Waals surface area contributed by atoms with Gasteiger partial charge in [0.05, 0.1) is 30.1 Å². The van der Waals surface area contributed by atoms with Gasteiger partial charge in [-0.15, -0.1) is 0 Å². The molecule has 4 aromatic rings. The van der Waals surface area contributed by atoms with Gasteiger partial charge in [0, 0.05) is 48.2 Å². The first-order chi connectivity index (χ1) is 20.1. The van der Waals surface area contributed by atoms with Crippen LogP contribution < -0.4 is 0 Å². The molecule has 4 heterocycles. The third-order valence-corrected chi connectivity index (χ3v) is 8.20. The summed E-state index contributed by atoms with van der Waals surface area (Å²) in [6, 6.07) is 16.4. The zero-order valence-corrected chi connectivity index (χ0v) is 23.0. The second-order valence-electron chi connectivity index (χ2n) is 10.8. The number of hydrogen-bond acceptors (Lipinski definition) is 5. The fourth-order valence-corrected chi connectivity index (χ4v) is 6.11. The van der Waals surface area contributed by atoms with E-state index >= 15 is 0 Å². The number of rotatable bonds is 7. The first-order valence-corrected chi connectivity index (χ1v) is 14.4. The number of morpholine rings is 1. The van der Waals surface area contributed by atoms with Gasteiger partial charge in [0.25, 0.3) is 0 Å². The molecule has 210 valence electrons. The van der Waals surface area contributed by atoms with Crippen LogP contribution in [0.15, 0.2) is 67.0 Å². The van der Waals surface area contributed by atoms with E-state index in [0.29, 0.717) is 32.2 Å². The maximum Gasteiger partial charge on any atom is 0.328 e. The molecule has 1 amide bonds. The summed E-state index contributed by atoms with van der Waals surface area (Å²) in [5.74, 6) is -0.645. The first kappa shape index (κ1) is 26.9. The molecule has 1 aliphatic heterocycles. The summed E-state index contributed by atoms with van der Waals surface area (Å²) in [7, 11) is 0. The number of amides is 1. The molecule has 8 nitrogen and oxygen atoms in total. The highest BCUT2D eigenvalue weighted by atomic mass is 16.5. The van der Waals surface area contributed by atoms with Gasteiger partial charge in [-0.05, 0) is 72.4 Å². The molecule has 2 aliphatic rings. The van der Waals surface area contributed by atoms with Gasteiger partial charge in [0.2, 0.25) is 5.91 Å². The van der Waals surface area contributed by atoms with E-state index in [1.807, 2.05) is 33.7 Å². The van der Waals surface area contributed by atoms with Gasteiger partial charge in [-0.25, -0.2) is 9.78 Å². The molecule has 0 bridgehead atoms. The number of hydrogen-bond donors (Lipinski definition) is 1. The number of fused-ring (bicyclic) bond motifs is 1. The van der Waals surface area contributed by atoms with Crippen molar-refractivity contribution < 1.29 is 19.4 Å². The third kappa shape index (κ3) is 5.93. The smallest absolute Gasteiger partial charge is 0.328 e. The lowest BCUT2D eigenvalue weighted by Gasteiger charge is -2.28. The maximum atomic E-state index is 13.5. The summed E-state index contributed by atoms with van der Waals surface area (Å²) in [6.45, 7) is 2.32. The van der Waals surface area contributed by atoms with E-state index in [-0.39, 0.29) is 12.5 Å². The minimum atomic E-state index is -1.01. The Balaban J connectivity index is 1.46. The Bertz CT molecular complexity index is 1580. The average Bonchev–Trinajstić information content (AvgIpc) is 3.38. The molecule has 1 saturated heterocycles. The Morgan fingerprint density at radius 2 is 1.73 bits per heavy atom. The topological polar surface area (TPSA) is 97.5 Å². The summed E-state index contributed by atoms with van der Waals surface area (Å²) in [5.41, 5.74) is 6.69. The van der Waals surface area contributed by atoms with Crippen LogP contribution in [-0.2, 0) is 20.9 Å². The lowest BCUT2D eigenvalue weighted by Crippen LogP contribution is -2.42. The second-order valence-corrected chi connectivity index (χ2v) is 10.8. The molecule has 2 fully saturated rings. The van der Waals surface area contributed by atoms with E-state index in [2.05, 4.69) is 29.2 Å². The van der Waals surface area contributed by atoms with Crippen molar-refractivity contribution in [2.24, 2.45) is 0 Å². The Labute approximate surface area is 239 Å².